The first kappa shape index (κ1) is 10.7. The normalized spacial score (nSPS) is 12.6. The molecule has 0 saturated carbocycles. The van der Waals surface area contributed by atoms with Gasteiger partial charge in [-0.2, -0.15) is 5.10 Å². The number of aromatic amines is 1. The summed E-state index contributed by atoms with van der Waals surface area (Å²) in [5.74, 6) is 0.489. The van der Waals surface area contributed by atoms with Gasteiger partial charge in [-0.15, -0.1) is 0 Å². The summed E-state index contributed by atoms with van der Waals surface area (Å²) in [7, 11) is 0. The van der Waals surface area contributed by atoms with E-state index in [1.165, 1.54) is 0 Å². The van der Waals surface area contributed by atoms with E-state index in [-0.39, 0.29) is 6.10 Å². The van der Waals surface area contributed by atoms with Gasteiger partial charge in [0, 0.05) is 6.07 Å². The van der Waals surface area contributed by atoms with Crippen LogP contribution in [-0.2, 0) is 6.42 Å². The van der Waals surface area contributed by atoms with Crippen LogP contribution in [0.2, 0.25) is 0 Å². The summed E-state index contributed by atoms with van der Waals surface area (Å²) in [5.41, 5.74) is 8.60. The highest BCUT2D eigenvalue weighted by molar-refractivity contribution is 5.62. The molecule has 0 fully saturated rings. The largest absolute Gasteiger partial charge is 0.393 e. The molecule has 0 aliphatic rings. The van der Waals surface area contributed by atoms with Crippen molar-refractivity contribution >= 4 is 5.82 Å². The molecule has 0 saturated heterocycles. The quantitative estimate of drug-likeness (QED) is 0.730. The third-order valence-electron chi connectivity index (χ3n) is 2.39. The Labute approximate surface area is 94.1 Å². The Morgan fingerprint density at radius 3 is 2.56 bits per heavy atom. The Hall–Kier alpha value is -1.81. The van der Waals surface area contributed by atoms with Gasteiger partial charge in [0.1, 0.15) is 5.82 Å². The van der Waals surface area contributed by atoms with Gasteiger partial charge in [0.25, 0.3) is 0 Å². The maximum atomic E-state index is 9.26. The lowest BCUT2D eigenvalue weighted by atomic mass is 10.1. The van der Waals surface area contributed by atoms with E-state index in [1.807, 2.05) is 24.3 Å². The smallest absolute Gasteiger partial charge is 0.145 e. The Balaban J connectivity index is 2.19. The highest BCUT2D eigenvalue weighted by atomic mass is 16.3. The molecule has 2 aromatic rings. The maximum absolute atomic E-state index is 9.26. The number of nitrogens with two attached hydrogens (primary N) is 1. The molecule has 84 valence electrons. The van der Waals surface area contributed by atoms with E-state index >= 15 is 0 Å². The van der Waals surface area contributed by atoms with Crippen molar-refractivity contribution in [2.75, 3.05) is 5.73 Å². The number of aliphatic hydroxyl groups is 1. The molecule has 0 aliphatic carbocycles. The van der Waals surface area contributed by atoms with Crippen molar-refractivity contribution in [1.82, 2.24) is 10.2 Å². The third-order valence-corrected chi connectivity index (χ3v) is 2.39. The van der Waals surface area contributed by atoms with Crippen molar-refractivity contribution in [3.05, 3.63) is 35.9 Å². The summed E-state index contributed by atoms with van der Waals surface area (Å²) in [4.78, 5) is 0. The van der Waals surface area contributed by atoms with Crippen LogP contribution < -0.4 is 5.73 Å². The molecule has 0 radical (unpaired) electrons. The van der Waals surface area contributed by atoms with Gasteiger partial charge in [-0.1, -0.05) is 24.3 Å². The van der Waals surface area contributed by atoms with Gasteiger partial charge in [0.2, 0.25) is 0 Å². The molecule has 0 bridgehead atoms. The number of aromatic nitrogens is 2. The number of benzene rings is 1. The van der Waals surface area contributed by atoms with Crippen LogP contribution in [0, 0.1) is 0 Å². The first-order valence-electron chi connectivity index (χ1n) is 5.23. The Morgan fingerprint density at radius 1 is 1.38 bits per heavy atom. The van der Waals surface area contributed by atoms with Gasteiger partial charge >= 0.3 is 0 Å². The number of hydrogen-bond donors (Lipinski definition) is 3. The van der Waals surface area contributed by atoms with E-state index in [2.05, 4.69) is 10.2 Å². The molecule has 16 heavy (non-hydrogen) atoms. The van der Waals surface area contributed by atoms with Gasteiger partial charge in [0.05, 0.1) is 11.8 Å². The highest BCUT2D eigenvalue weighted by Crippen LogP contribution is 2.19. The van der Waals surface area contributed by atoms with Crippen LogP contribution in [0.1, 0.15) is 12.5 Å². The average Bonchev–Trinajstić information content (AvgIpc) is 2.65. The minimum absolute atomic E-state index is 0.311. The molecule has 0 aliphatic heterocycles. The first-order chi connectivity index (χ1) is 7.65. The Kier molecular flexibility index (Phi) is 2.92. The lowest BCUT2D eigenvalue weighted by molar-refractivity contribution is 0.195. The second kappa shape index (κ2) is 4.37. The van der Waals surface area contributed by atoms with Crippen LogP contribution >= 0.6 is 0 Å². The standard InChI is InChI=1S/C12H15N3O/c1-8(16)6-9-2-4-10(5-3-9)11-7-12(13)15-14-11/h2-5,7-8,16H,6H2,1H3,(H3,13,14,15). The third kappa shape index (κ3) is 2.41. The molecule has 4 N–H and O–H groups in total. The molecule has 1 atom stereocenters. The van der Waals surface area contributed by atoms with E-state index in [9.17, 15) is 5.11 Å². The van der Waals surface area contributed by atoms with E-state index in [0.29, 0.717) is 12.2 Å². The van der Waals surface area contributed by atoms with E-state index in [0.717, 1.165) is 16.8 Å². The summed E-state index contributed by atoms with van der Waals surface area (Å²) >= 11 is 0. The highest BCUT2D eigenvalue weighted by Gasteiger charge is 2.02. The van der Waals surface area contributed by atoms with Crippen LogP contribution in [0.15, 0.2) is 30.3 Å². The molecular formula is C12H15N3O. The predicted octanol–water partition coefficient (Wildman–Crippen LogP) is 1.58. The topological polar surface area (TPSA) is 74.9 Å². The maximum Gasteiger partial charge on any atom is 0.145 e. The SMILES string of the molecule is CC(O)Cc1ccc(-c2cc(N)n[nH]2)cc1. The summed E-state index contributed by atoms with van der Waals surface area (Å²) in [6.07, 6.45) is 0.361. The number of aliphatic hydroxyl groups excluding tert-OH is 1. The van der Waals surface area contributed by atoms with Crippen molar-refractivity contribution in [2.24, 2.45) is 0 Å². The molecule has 4 heteroatoms. The van der Waals surface area contributed by atoms with Crippen molar-refractivity contribution in [3.8, 4) is 11.3 Å². The van der Waals surface area contributed by atoms with Crippen LogP contribution in [-0.4, -0.2) is 21.4 Å². The average molecular weight is 217 g/mol. The number of nitrogen functional groups attached to an aromatic ring is 1. The van der Waals surface area contributed by atoms with Crippen LogP contribution in [0.5, 0.6) is 0 Å². The number of anilines is 1. The second-order valence-corrected chi connectivity index (χ2v) is 3.96. The summed E-state index contributed by atoms with van der Waals surface area (Å²) in [6, 6.07) is 9.77. The fourth-order valence-electron chi connectivity index (χ4n) is 1.65. The minimum atomic E-state index is -0.311. The molecule has 0 spiro atoms. The second-order valence-electron chi connectivity index (χ2n) is 3.96. The van der Waals surface area contributed by atoms with Crippen LogP contribution in [0.25, 0.3) is 11.3 Å². The molecular weight excluding hydrogens is 202 g/mol. The lowest BCUT2D eigenvalue weighted by Gasteiger charge is -2.04. The number of rotatable bonds is 3. The van der Waals surface area contributed by atoms with Crippen LogP contribution in [0.4, 0.5) is 5.82 Å². The summed E-state index contributed by atoms with van der Waals surface area (Å²) < 4.78 is 0. The van der Waals surface area contributed by atoms with Crippen molar-refractivity contribution < 1.29 is 5.11 Å². The minimum Gasteiger partial charge on any atom is -0.393 e. The molecule has 0 amide bonds. The fraction of sp³-hybridized carbons (Fsp3) is 0.250. The van der Waals surface area contributed by atoms with Gasteiger partial charge in [0.15, 0.2) is 0 Å². The Bertz CT molecular complexity index is 459. The number of nitrogens with zero attached hydrogens (tertiary/aromatic N) is 1. The number of hydrogen-bond acceptors (Lipinski definition) is 3. The zero-order chi connectivity index (χ0) is 11.5. The Morgan fingerprint density at radius 2 is 2.06 bits per heavy atom. The number of H-pyrrole nitrogens is 1. The summed E-state index contributed by atoms with van der Waals surface area (Å²) in [5, 5.41) is 16.0. The van der Waals surface area contributed by atoms with Crippen molar-refractivity contribution in [2.45, 2.75) is 19.4 Å². The predicted molar refractivity (Wildman–Crippen MR) is 63.8 cm³/mol. The fourth-order valence-corrected chi connectivity index (χ4v) is 1.65. The molecule has 1 unspecified atom stereocenters. The molecule has 1 aromatic heterocycles. The van der Waals surface area contributed by atoms with E-state index in [4.69, 9.17) is 5.73 Å². The van der Waals surface area contributed by atoms with Crippen molar-refractivity contribution in [3.63, 3.8) is 0 Å². The zero-order valence-corrected chi connectivity index (χ0v) is 9.14. The number of nitrogens with one attached hydrogen (secondary N) is 1. The molecule has 4 nitrogen and oxygen atoms in total. The summed E-state index contributed by atoms with van der Waals surface area (Å²) in [6.45, 7) is 1.78. The van der Waals surface area contributed by atoms with Crippen LogP contribution in [0.3, 0.4) is 0 Å². The van der Waals surface area contributed by atoms with E-state index < -0.39 is 0 Å². The van der Waals surface area contributed by atoms with Gasteiger partial charge in [-0.05, 0) is 24.5 Å². The lowest BCUT2D eigenvalue weighted by Crippen LogP contribution is -2.03. The zero-order valence-electron chi connectivity index (χ0n) is 9.14. The van der Waals surface area contributed by atoms with Crippen molar-refractivity contribution in [1.29, 1.82) is 0 Å². The van der Waals surface area contributed by atoms with Gasteiger partial charge in [-0.25, -0.2) is 0 Å². The molecule has 1 aromatic carbocycles. The van der Waals surface area contributed by atoms with Gasteiger partial charge < -0.3 is 10.8 Å². The molecule has 1 heterocycles. The first-order valence-corrected chi connectivity index (χ1v) is 5.23. The monoisotopic (exact) mass is 217 g/mol. The molecule has 2 rings (SSSR count). The van der Waals surface area contributed by atoms with E-state index in [1.54, 1.807) is 13.0 Å². The van der Waals surface area contributed by atoms with Gasteiger partial charge in [-0.3, -0.25) is 5.10 Å².